The molecule has 14 heavy (non-hydrogen) atoms. The van der Waals surface area contributed by atoms with Crippen molar-refractivity contribution in [2.24, 2.45) is 0 Å². The molecule has 0 heterocycles. The number of carbonyl (C=O) groups is 1. The minimum absolute atomic E-state index is 0.0334. The van der Waals surface area contributed by atoms with Gasteiger partial charge in [0.2, 0.25) is 0 Å². The van der Waals surface area contributed by atoms with Crippen molar-refractivity contribution in [2.45, 2.75) is 0 Å². The average Bonchev–Trinajstić information content (AvgIpc) is 2.20. The highest BCUT2D eigenvalue weighted by Crippen LogP contribution is 2.25. The lowest BCUT2D eigenvalue weighted by atomic mass is 10.1. The first-order chi connectivity index (χ1) is 6.60. The Morgan fingerprint density at radius 2 is 2.29 bits per heavy atom. The van der Waals surface area contributed by atoms with E-state index in [2.05, 4.69) is 15.9 Å². The SMILES string of the molecule is N#Cc1cc(O)c(I)c(C(=O)CBr)c1. The van der Waals surface area contributed by atoms with Crippen molar-refractivity contribution in [1.29, 1.82) is 5.26 Å². The van der Waals surface area contributed by atoms with Gasteiger partial charge in [0, 0.05) is 5.56 Å². The highest BCUT2D eigenvalue weighted by Gasteiger charge is 2.13. The van der Waals surface area contributed by atoms with E-state index >= 15 is 0 Å². The van der Waals surface area contributed by atoms with Gasteiger partial charge in [0.25, 0.3) is 0 Å². The molecule has 0 aliphatic rings. The number of halogens is 2. The van der Waals surface area contributed by atoms with Crippen LogP contribution >= 0.6 is 38.5 Å². The van der Waals surface area contributed by atoms with Gasteiger partial charge in [0.05, 0.1) is 20.5 Å². The van der Waals surface area contributed by atoms with Crippen molar-refractivity contribution >= 4 is 44.3 Å². The Bertz CT molecular complexity index is 426. The largest absolute Gasteiger partial charge is 0.507 e. The van der Waals surface area contributed by atoms with E-state index < -0.39 is 0 Å². The first kappa shape index (κ1) is 11.5. The zero-order valence-electron chi connectivity index (χ0n) is 6.92. The van der Waals surface area contributed by atoms with Gasteiger partial charge in [-0.1, -0.05) is 15.9 Å². The van der Waals surface area contributed by atoms with Gasteiger partial charge in [-0.3, -0.25) is 4.79 Å². The number of nitriles is 1. The summed E-state index contributed by atoms with van der Waals surface area (Å²) in [5.41, 5.74) is 0.659. The first-order valence-electron chi connectivity index (χ1n) is 3.62. The number of ketones is 1. The number of rotatable bonds is 2. The van der Waals surface area contributed by atoms with E-state index in [1.807, 2.05) is 28.7 Å². The second-order valence-corrected chi connectivity index (χ2v) is 4.17. The van der Waals surface area contributed by atoms with Crippen LogP contribution in [-0.4, -0.2) is 16.2 Å². The summed E-state index contributed by atoms with van der Waals surface area (Å²) in [7, 11) is 0. The van der Waals surface area contributed by atoms with Crippen LogP contribution in [0.1, 0.15) is 15.9 Å². The van der Waals surface area contributed by atoms with Gasteiger partial charge in [0.1, 0.15) is 5.75 Å². The summed E-state index contributed by atoms with van der Waals surface area (Å²) in [4.78, 5) is 11.4. The van der Waals surface area contributed by atoms with Gasteiger partial charge in [0.15, 0.2) is 5.78 Å². The third-order valence-electron chi connectivity index (χ3n) is 1.60. The van der Waals surface area contributed by atoms with E-state index in [-0.39, 0.29) is 22.4 Å². The molecular weight excluding hydrogens is 361 g/mol. The fourth-order valence-corrected chi connectivity index (χ4v) is 1.86. The van der Waals surface area contributed by atoms with Crippen molar-refractivity contribution in [2.75, 3.05) is 5.33 Å². The molecule has 0 saturated carbocycles. The molecule has 0 spiro atoms. The number of aromatic hydroxyl groups is 1. The van der Waals surface area contributed by atoms with Crippen LogP contribution in [0.3, 0.4) is 0 Å². The fraction of sp³-hybridized carbons (Fsp3) is 0.111. The van der Waals surface area contributed by atoms with Crippen LogP contribution in [0, 0.1) is 14.9 Å². The summed E-state index contributed by atoms with van der Waals surface area (Å²) in [5, 5.41) is 18.3. The number of phenolic OH excluding ortho intramolecular Hbond substituents is 1. The number of Topliss-reactive ketones (excluding diaryl/α,β-unsaturated/α-hetero) is 1. The Labute approximate surface area is 103 Å². The summed E-state index contributed by atoms with van der Waals surface area (Å²) in [6.07, 6.45) is 0. The molecule has 72 valence electrons. The molecule has 0 radical (unpaired) electrons. The van der Waals surface area contributed by atoms with Gasteiger partial charge in [-0.05, 0) is 34.7 Å². The van der Waals surface area contributed by atoms with Gasteiger partial charge in [-0.15, -0.1) is 0 Å². The van der Waals surface area contributed by atoms with Crippen LogP contribution in [0.2, 0.25) is 0 Å². The standard InChI is InChI=1S/C9H5BrINO2/c10-3-8(14)6-1-5(4-12)2-7(13)9(6)11/h1-2,13H,3H2. The third-order valence-corrected chi connectivity index (χ3v) is 3.25. The Morgan fingerprint density at radius 1 is 1.64 bits per heavy atom. The van der Waals surface area contributed by atoms with Crippen LogP contribution in [0.25, 0.3) is 0 Å². The van der Waals surface area contributed by atoms with Crippen molar-refractivity contribution in [1.82, 2.24) is 0 Å². The topological polar surface area (TPSA) is 61.1 Å². The van der Waals surface area contributed by atoms with E-state index in [4.69, 9.17) is 5.26 Å². The summed E-state index contributed by atoms with van der Waals surface area (Å²) >= 11 is 4.91. The molecule has 0 aliphatic heterocycles. The molecule has 0 unspecified atom stereocenters. The van der Waals surface area contributed by atoms with Gasteiger partial charge in [-0.2, -0.15) is 5.26 Å². The number of hydrogen-bond donors (Lipinski definition) is 1. The molecule has 5 heteroatoms. The molecule has 1 N–H and O–H groups in total. The number of alkyl halides is 1. The molecule has 1 aromatic rings. The van der Waals surface area contributed by atoms with Crippen molar-refractivity contribution < 1.29 is 9.90 Å². The van der Waals surface area contributed by atoms with Crippen molar-refractivity contribution in [3.8, 4) is 11.8 Å². The van der Waals surface area contributed by atoms with Gasteiger partial charge >= 0.3 is 0 Å². The Hall–Kier alpha value is -0.610. The Balaban J connectivity index is 3.36. The lowest BCUT2D eigenvalue weighted by Crippen LogP contribution is -2.03. The smallest absolute Gasteiger partial charge is 0.174 e. The molecule has 0 fully saturated rings. The third kappa shape index (κ3) is 2.25. The number of nitrogens with zero attached hydrogens (tertiary/aromatic N) is 1. The minimum Gasteiger partial charge on any atom is -0.507 e. The number of phenols is 1. The second kappa shape index (κ2) is 4.75. The van der Waals surface area contributed by atoms with Crippen LogP contribution in [-0.2, 0) is 0 Å². The fourth-order valence-electron chi connectivity index (χ4n) is 0.949. The van der Waals surface area contributed by atoms with Crippen LogP contribution in [0.15, 0.2) is 12.1 Å². The summed E-state index contributed by atoms with van der Waals surface area (Å²) in [6, 6.07) is 4.70. The molecule has 3 nitrogen and oxygen atoms in total. The summed E-state index contributed by atoms with van der Waals surface area (Å²) in [5.74, 6) is -0.184. The first-order valence-corrected chi connectivity index (χ1v) is 5.82. The average molecular weight is 366 g/mol. The van der Waals surface area contributed by atoms with Crippen molar-refractivity contribution in [3.05, 3.63) is 26.8 Å². The van der Waals surface area contributed by atoms with Crippen LogP contribution < -0.4 is 0 Å². The monoisotopic (exact) mass is 365 g/mol. The summed E-state index contributed by atoms with van der Waals surface area (Å²) < 4.78 is 0.478. The van der Waals surface area contributed by atoms with E-state index in [9.17, 15) is 9.90 Å². The highest BCUT2D eigenvalue weighted by molar-refractivity contribution is 14.1. The van der Waals surface area contributed by atoms with E-state index in [1.165, 1.54) is 12.1 Å². The van der Waals surface area contributed by atoms with Gasteiger partial charge in [-0.25, -0.2) is 0 Å². The molecule has 0 bridgehead atoms. The highest BCUT2D eigenvalue weighted by atomic mass is 127. The summed E-state index contributed by atoms with van der Waals surface area (Å²) in [6.45, 7) is 0. The Kier molecular flexibility index (Phi) is 3.89. The maximum Gasteiger partial charge on any atom is 0.174 e. The zero-order chi connectivity index (χ0) is 10.7. The number of benzene rings is 1. The normalized spacial score (nSPS) is 9.50. The molecule has 0 atom stereocenters. The molecule has 0 aliphatic carbocycles. The van der Waals surface area contributed by atoms with Gasteiger partial charge < -0.3 is 5.11 Å². The quantitative estimate of drug-likeness (QED) is 0.497. The maximum atomic E-state index is 11.4. The second-order valence-electron chi connectivity index (χ2n) is 2.53. The number of hydrogen-bond acceptors (Lipinski definition) is 3. The lowest BCUT2D eigenvalue weighted by Gasteiger charge is -2.04. The van der Waals surface area contributed by atoms with E-state index in [0.717, 1.165) is 0 Å². The molecule has 0 aromatic heterocycles. The minimum atomic E-state index is -0.151. The predicted molar refractivity (Wildman–Crippen MR) is 63.7 cm³/mol. The molecule has 1 rings (SSSR count). The molecule has 0 saturated heterocycles. The van der Waals surface area contributed by atoms with Crippen molar-refractivity contribution in [3.63, 3.8) is 0 Å². The molecule has 1 aromatic carbocycles. The Morgan fingerprint density at radius 3 is 2.79 bits per heavy atom. The zero-order valence-corrected chi connectivity index (χ0v) is 10.7. The maximum absolute atomic E-state index is 11.4. The number of carbonyl (C=O) groups excluding carboxylic acids is 1. The van der Waals surface area contributed by atoms with Crippen LogP contribution in [0.4, 0.5) is 0 Å². The van der Waals surface area contributed by atoms with E-state index in [1.54, 1.807) is 0 Å². The predicted octanol–water partition coefficient (Wildman–Crippen LogP) is 2.45. The lowest BCUT2D eigenvalue weighted by molar-refractivity contribution is 0.102. The van der Waals surface area contributed by atoms with E-state index in [0.29, 0.717) is 9.13 Å². The molecular formula is C9H5BrINO2. The molecule has 0 amide bonds. The van der Waals surface area contributed by atoms with Crippen LogP contribution in [0.5, 0.6) is 5.75 Å².